The molecular formula is C17H35NO. The van der Waals surface area contributed by atoms with Gasteiger partial charge in [0.25, 0.3) is 0 Å². The second-order valence-electron chi connectivity index (χ2n) is 4.21. The molecule has 0 aliphatic heterocycles. The van der Waals surface area contributed by atoms with E-state index in [1.807, 2.05) is 39.8 Å². The Morgan fingerprint density at radius 2 is 1.68 bits per heavy atom. The number of carbonyl (C=O) groups excluding carboxylic acids is 1. The molecule has 1 amide bonds. The van der Waals surface area contributed by atoms with Crippen molar-refractivity contribution >= 4 is 5.91 Å². The number of primary amides is 1. The third-order valence-corrected chi connectivity index (χ3v) is 3.10. The van der Waals surface area contributed by atoms with E-state index >= 15 is 0 Å². The van der Waals surface area contributed by atoms with E-state index in [0.717, 1.165) is 18.8 Å². The van der Waals surface area contributed by atoms with Gasteiger partial charge in [0.05, 0.1) is 0 Å². The van der Waals surface area contributed by atoms with Crippen LogP contribution in [-0.2, 0) is 4.79 Å². The molecule has 0 spiro atoms. The molecule has 2 atom stereocenters. The van der Waals surface area contributed by atoms with E-state index in [2.05, 4.69) is 20.1 Å². The molecule has 1 fully saturated rings. The van der Waals surface area contributed by atoms with Crippen LogP contribution in [0.15, 0.2) is 25.3 Å². The molecule has 0 aromatic heterocycles. The van der Waals surface area contributed by atoms with E-state index in [4.69, 9.17) is 5.73 Å². The van der Waals surface area contributed by atoms with Crippen LogP contribution >= 0.6 is 0 Å². The first kappa shape index (κ1) is 23.1. The van der Waals surface area contributed by atoms with Crippen LogP contribution in [0.5, 0.6) is 0 Å². The average molecular weight is 269 g/mol. The standard InChI is InChI=1S/C9H17NO.C4H8.C2H6.C2H4/c1-2-7-4-3-5-8(6-7)9(10)11;1-3-4-2;2*1-2/h7-8H,2-6H2,1H3,(H2,10,11);3-4H,1-2H3;1-2H3;1-2H2. The highest BCUT2D eigenvalue weighted by Gasteiger charge is 2.24. The van der Waals surface area contributed by atoms with Crippen molar-refractivity contribution in [2.24, 2.45) is 17.6 Å². The van der Waals surface area contributed by atoms with Crippen molar-refractivity contribution < 1.29 is 4.79 Å². The predicted octanol–water partition coefficient (Wildman–Crippen LogP) is 5.10. The summed E-state index contributed by atoms with van der Waals surface area (Å²) in [5.41, 5.74) is 5.25. The van der Waals surface area contributed by atoms with Gasteiger partial charge in [-0.2, -0.15) is 0 Å². The fourth-order valence-electron chi connectivity index (χ4n) is 1.92. The topological polar surface area (TPSA) is 43.1 Å². The largest absolute Gasteiger partial charge is 0.369 e. The number of nitrogens with two attached hydrogens (primary N) is 1. The molecule has 2 heteroatoms. The lowest BCUT2D eigenvalue weighted by Gasteiger charge is -2.25. The fourth-order valence-corrected chi connectivity index (χ4v) is 1.92. The van der Waals surface area contributed by atoms with Crippen LogP contribution in [0.3, 0.4) is 0 Å². The Hall–Kier alpha value is -1.05. The van der Waals surface area contributed by atoms with Crippen molar-refractivity contribution in [2.45, 2.75) is 66.7 Å². The van der Waals surface area contributed by atoms with Gasteiger partial charge >= 0.3 is 0 Å². The Morgan fingerprint density at radius 3 is 2.00 bits per heavy atom. The van der Waals surface area contributed by atoms with Crippen LogP contribution in [0, 0.1) is 11.8 Å². The molecule has 19 heavy (non-hydrogen) atoms. The molecule has 0 aromatic rings. The number of hydrogen-bond acceptors (Lipinski definition) is 1. The quantitative estimate of drug-likeness (QED) is 0.696. The molecule has 114 valence electrons. The number of carbonyl (C=O) groups is 1. The van der Waals surface area contributed by atoms with Crippen molar-refractivity contribution in [3.05, 3.63) is 25.3 Å². The van der Waals surface area contributed by atoms with E-state index in [1.165, 1.54) is 19.3 Å². The van der Waals surface area contributed by atoms with Gasteiger partial charge in [-0.3, -0.25) is 4.79 Å². The minimum absolute atomic E-state index is 0.0943. The zero-order valence-electron chi connectivity index (χ0n) is 13.7. The summed E-state index contributed by atoms with van der Waals surface area (Å²) < 4.78 is 0. The van der Waals surface area contributed by atoms with Gasteiger partial charge in [0, 0.05) is 5.92 Å². The molecular weight excluding hydrogens is 234 g/mol. The molecule has 0 aromatic carbocycles. The number of rotatable bonds is 2. The summed E-state index contributed by atoms with van der Waals surface area (Å²) in [6.07, 6.45) is 9.73. The Morgan fingerprint density at radius 1 is 1.21 bits per heavy atom. The van der Waals surface area contributed by atoms with Gasteiger partial charge < -0.3 is 5.73 Å². The summed E-state index contributed by atoms with van der Waals surface area (Å²) in [6.45, 7) is 16.2. The summed E-state index contributed by atoms with van der Waals surface area (Å²) in [5.74, 6) is 0.832. The van der Waals surface area contributed by atoms with Crippen LogP contribution in [0.25, 0.3) is 0 Å². The summed E-state index contributed by atoms with van der Waals surface area (Å²) in [5, 5.41) is 0. The van der Waals surface area contributed by atoms with Gasteiger partial charge in [-0.25, -0.2) is 0 Å². The fraction of sp³-hybridized carbons (Fsp3) is 0.706. The molecule has 2 unspecified atom stereocenters. The summed E-state index contributed by atoms with van der Waals surface area (Å²) in [6, 6.07) is 0. The molecule has 2 N–H and O–H groups in total. The SMILES string of the molecule is C=C.CC.CC=CC.CCC1CCCC(C(N)=O)C1. The summed E-state index contributed by atoms with van der Waals surface area (Å²) in [7, 11) is 0. The predicted molar refractivity (Wildman–Crippen MR) is 88.0 cm³/mol. The van der Waals surface area contributed by atoms with Crippen molar-refractivity contribution in [1.82, 2.24) is 0 Å². The third kappa shape index (κ3) is 14.9. The zero-order valence-corrected chi connectivity index (χ0v) is 13.7. The van der Waals surface area contributed by atoms with Crippen LogP contribution in [0.4, 0.5) is 0 Å². The first-order chi connectivity index (χ1) is 9.15. The summed E-state index contributed by atoms with van der Waals surface area (Å²) in [4.78, 5) is 10.8. The number of amides is 1. The Balaban J connectivity index is -0.000000271. The maximum atomic E-state index is 10.8. The van der Waals surface area contributed by atoms with Crippen LogP contribution < -0.4 is 5.73 Å². The average Bonchev–Trinajstić information content (AvgIpc) is 2.51. The zero-order chi connectivity index (χ0) is 15.7. The van der Waals surface area contributed by atoms with Crippen molar-refractivity contribution in [1.29, 1.82) is 0 Å². The Kier molecular flexibility index (Phi) is 23.4. The molecule has 1 saturated carbocycles. The smallest absolute Gasteiger partial charge is 0.220 e. The van der Waals surface area contributed by atoms with Gasteiger partial charge in [-0.1, -0.05) is 52.2 Å². The highest BCUT2D eigenvalue weighted by molar-refractivity contribution is 5.76. The molecule has 0 radical (unpaired) electrons. The third-order valence-electron chi connectivity index (χ3n) is 3.10. The minimum atomic E-state index is -0.0943. The van der Waals surface area contributed by atoms with E-state index in [0.29, 0.717) is 0 Å². The molecule has 0 bridgehead atoms. The Bertz CT molecular complexity index is 207. The monoisotopic (exact) mass is 269 g/mol. The molecule has 0 saturated heterocycles. The molecule has 1 rings (SSSR count). The second-order valence-corrected chi connectivity index (χ2v) is 4.21. The maximum absolute atomic E-state index is 10.8. The van der Waals surface area contributed by atoms with Crippen LogP contribution in [0.1, 0.15) is 66.7 Å². The first-order valence-corrected chi connectivity index (χ1v) is 7.52. The lowest BCUT2D eigenvalue weighted by atomic mass is 9.80. The van der Waals surface area contributed by atoms with E-state index in [-0.39, 0.29) is 11.8 Å². The number of hydrogen-bond donors (Lipinski definition) is 1. The number of allylic oxidation sites excluding steroid dienone is 2. The lowest BCUT2D eigenvalue weighted by molar-refractivity contribution is -0.123. The van der Waals surface area contributed by atoms with Gasteiger partial charge in [0.15, 0.2) is 0 Å². The molecule has 2 nitrogen and oxygen atoms in total. The summed E-state index contributed by atoms with van der Waals surface area (Å²) >= 11 is 0. The Labute approximate surface area is 121 Å². The minimum Gasteiger partial charge on any atom is -0.369 e. The normalized spacial score (nSPS) is 20.9. The van der Waals surface area contributed by atoms with Gasteiger partial charge in [0.2, 0.25) is 5.91 Å². The van der Waals surface area contributed by atoms with Gasteiger partial charge in [-0.15, -0.1) is 13.2 Å². The van der Waals surface area contributed by atoms with Crippen molar-refractivity contribution in [2.75, 3.05) is 0 Å². The van der Waals surface area contributed by atoms with Crippen molar-refractivity contribution in [3.8, 4) is 0 Å². The molecule has 0 heterocycles. The highest BCUT2D eigenvalue weighted by atomic mass is 16.1. The van der Waals surface area contributed by atoms with Gasteiger partial charge in [0.1, 0.15) is 0 Å². The van der Waals surface area contributed by atoms with E-state index < -0.39 is 0 Å². The highest BCUT2D eigenvalue weighted by Crippen LogP contribution is 2.30. The van der Waals surface area contributed by atoms with Crippen molar-refractivity contribution in [3.63, 3.8) is 0 Å². The van der Waals surface area contributed by atoms with E-state index in [1.54, 1.807) is 0 Å². The van der Waals surface area contributed by atoms with Crippen LogP contribution in [-0.4, -0.2) is 5.91 Å². The first-order valence-electron chi connectivity index (χ1n) is 7.52. The maximum Gasteiger partial charge on any atom is 0.220 e. The van der Waals surface area contributed by atoms with Crippen LogP contribution in [0.2, 0.25) is 0 Å². The second kappa shape index (κ2) is 19.3. The van der Waals surface area contributed by atoms with E-state index in [9.17, 15) is 4.79 Å². The lowest BCUT2D eigenvalue weighted by Crippen LogP contribution is -2.28. The van der Waals surface area contributed by atoms with Gasteiger partial charge in [-0.05, 0) is 32.6 Å². The molecule has 1 aliphatic carbocycles. The molecule has 1 aliphatic rings.